The Morgan fingerprint density at radius 2 is 0.636 bits per heavy atom. The van der Waals surface area contributed by atoms with Gasteiger partial charge in [0.15, 0.2) is 6.10 Å². The Balaban J connectivity index is 4.56. The van der Waals surface area contributed by atoms with Crippen LogP contribution in [0.5, 0.6) is 0 Å². The SMILES string of the molecule is CC/C=C\C/C=C\C/C=C\C/C=C\C/C=C\CCC(=O)OC(COC(=O)CCC/C=C\C/C=C\C/C=C\CCCCCCCC)COC(=O)CCCCCCCCCCCCCCCCC. The van der Waals surface area contributed by atoms with E-state index in [1.807, 2.05) is 12.2 Å². The van der Waals surface area contributed by atoms with Crippen molar-refractivity contribution in [2.75, 3.05) is 13.2 Å². The van der Waals surface area contributed by atoms with Crippen LogP contribution in [0.25, 0.3) is 0 Å². The van der Waals surface area contributed by atoms with Gasteiger partial charge >= 0.3 is 17.9 Å². The molecule has 66 heavy (non-hydrogen) atoms. The molecule has 0 amide bonds. The molecule has 0 heterocycles. The van der Waals surface area contributed by atoms with Gasteiger partial charge in [0.2, 0.25) is 0 Å². The summed E-state index contributed by atoms with van der Waals surface area (Å²) in [6.45, 7) is 6.42. The lowest BCUT2D eigenvalue weighted by atomic mass is 10.0. The first kappa shape index (κ1) is 62.3. The molecule has 6 heteroatoms. The molecule has 1 atom stereocenters. The van der Waals surface area contributed by atoms with Crippen molar-refractivity contribution in [1.29, 1.82) is 0 Å². The molecule has 6 nitrogen and oxygen atoms in total. The summed E-state index contributed by atoms with van der Waals surface area (Å²) in [4.78, 5) is 38.0. The summed E-state index contributed by atoms with van der Waals surface area (Å²) in [6, 6.07) is 0. The number of carbonyl (C=O) groups is 3. The Morgan fingerprint density at radius 1 is 0.318 bits per heavy atom. The summed E-state index contributed by atoms with van der Waals surface area (Å²) < 4.78 is 16.7. The second-order valence-electron chi connectivity index (χ2n) is 17.8. The highest BCUT2D eigenvalue weighted by Gasteiger charge is 2.19. The first-order chi connectivity index (χ1) is 32.5. The summed E-state index contributed by atoms with van der Waals surface area (Å²) in [6.07, 6.45) is 71.3. The molecule has 0 spiro atoms. The maximum atomic E-state index is 12.8. The molecule has 0 aromatic heterocycles. The number of carbonyl (C=O) groups excluding carboxylic acids is 3. The van der Waals surface area contributed by atoms with Crippen LogP contribution >= 0.6 is 0 Å². The van der Waals surface area contributed by atoms with Crippen molar-refractivity contribution in [3.63, 3.8) is 0 Å². The van der Waals surface area contributed by atoms with Crippen molar-refractivity contribution in [2.24, 2.45) is 0 Å². The molecule has 0 rings (SSSR count). The van der Waals surface area contributed by atoms with Crippen LogP contribution in [0.4, 0.5) is 0 Å². The Hall–Kier alpha value is -3.67. The van der Waals surface area contributed by atoms with Crippen LogP contribution in [-0.2, 0) is 28.6 Å². The average Bonchev–Trinajstić information content (AvgIpc) is 3.31. The van der Waals surface area contributed by atoms with Crippen LogP contribution in [0.15, 0.2) is 97.2 Å². The molecule has 0 bridgehead atoms. The average molecular weight is 917 g/mol. The van der Waals surface area contributed by atoms with E-state index in [0.717, 1.165) is 70.6 Å². The fraction of sp³-hybridized carbons (Fsp3) is 0.683. The van der Waals surface area contributed by atoms with Crippen molar-refractivity contribution in [1.82, 2.24) is 0 Å². The van der Waals surface area contributed by atoms with Crippen molar-refractivity contribution in [3.8, 4) is 0 Å². The Bertz CT molecular complexity index is 1330. The van der Waals surface area contributed by atoms with Gasteiger partial charge in [-0.25, -0.2) is 0 Å². The van der Waals surface area contributed by atoms with Gasteiger partial charge in [-0.15, -0.1) is 0 Å². The van der Waals surface area contributed by atoms with Gasteiger partial charge in [0, 0.05) is 19.3 Å². The summed E-state index contributed by atoms with van der Waals surface area (Å²) in [5.41, 5.74) is 0. The number of allylic oxidation sites excluding steroid dienone is 16. The summed E-state index contributed by atoms with van der Waals surface area (Å²) in [7, 11) is 0. The summed E-state index contributed by atoms with van der Waals surface area (Å²) >= 11 is 0. The van der Waals surface area contributed by atoms with Gasteiger partial charge in [-0.1, -0.05) is 240 Å². The standard InChI is InChI=1S/C60H100O6/c1-4-7-10-13-16-19-22-25-28-30-33-35-38-41-44-47-50-53-59(62)65-56-57(55-64-58(61)52-49-46-43-40-37-34-31-27-24-21-18-15-12-9-6-3)66-60(63)54-51-48-45-42-39-36-32-29-26-23-20-17-14-11-8-5-2/h8,11,17,20,25-26,28-29,33,35-36,39,41,44-45,48,57H,4-7,9-10,12-16,18-19,21-24,27,30-32,34,37-38,40,42-43,46-47,49-56H2,1-3H3/b11-8-,20-17-,28-25-,29-26-,35-33-,39-36-,44-41-,48-45-. The van der Waals surface area contributed by atoms with Crippen molar-refractivity contribution in [2.45, 2.75) is 252 Å². The van der Waals surface area contributed by atoms with Crippen LogP contribution in [-0.4, -0.2) is 37.2 Å². The third-order valence-electron chi connectivity index (χ3n) is 11.3. The largest absolute Gasteiger partial charge is 0.462 e. The number of hydrogen-bond acceptors (Lipinski definition) is 6. The second-order valence-corrected chi connectivity index (χ2v) is 17.8. The number of ether oxygens (including phenoxy) is 3. The Labute approximate surface area is 407 Å². The second kappa shape index (κ2) is 53.9. The minimum atomic E-state index is -0.836. The van der Waals surface area contributed by atoms with Gasteiger partial charge in [0.05, 0.1) is 0 Å². The molecular weight excluding hydrogens is 817 g/mol. The fourth-order valence-corrected chi connectivity index (χ4v) is 7.27. The Kier molecular flexibility index (Phi) is 50.9. The number of unbranched alkanes of at least 4 members (excludes halogenated alkanes) is 21. The van der Waals surface area contributed by atoms with Crippen molar-refractivity contribution < 1.29 is 28.6 Å². The molecule has 0 aromatic carbocycles. The lowest BCUT2D eigenvalue weighted by Gasteiger charge is -2.18. The van der Waals surface area contributed by atoms with E-state index >= 15 is 0 Å². The molecule has 0 aromatic rings. The maximum Gasteiger partial charge on any atom is 0.306 e. The van der Waals surface area contributed by atoms with Gasteiger partial charge in [-0.05, 0) is 83.5 Å². The Morgan fingerprint density at radius 3 is 1.05 bits per heavy atom. The highest BCUT2D eigenvalue weighted by molar-refractivity contribution is 5.71. The molecule has 1 unspecified atom stereocenters. The van der Waals surface area contributed by atoms with Gasteiger partial charge in [-0.3, -0.25) is 14.4 Å². The van der Waals surface area contributed by atoms with Crippen LogP contribution in [0.1, 0.15) is 245 Å². The van der Waals surface area contributed by atoms with Gasteiger partial charge < -0.3 is 14.2 Å². The number of esters is 3. The quantitative estimate of drug-likeness (QED) is 0.0262. The normalized spacial score (nSPS) is 12.8. The maximum absolute atomic E-state index is 12.8. The van der Waals surface area contributed by atoms with E-state index in [4.69, 9.17) is 14.2 Å². The predicted octanol–water partition coefficient (Wildman–Crippen LogP) is 18.1. The van der Waals surface area contributed by atoms with Crippen molar-refractivity contribution in [3.05, 3.63) is 97.2 Å². The molecule has 0 N–H and O–H groups in total. The number of rotatable bonds is 48. The minimum Gasteiger partial charge on any atom is -0.462 e. The minimum absolute atomic E-state index is 0.122. The van der Waals surface area contributed by atoms with Crippen LogP contribution in [0.3, 0.4) is 0 Å². The van der Waals surface area contributed by atoms with Gasteiger partial charge in [0.25, 0.3) is 0 Å². The van der Waals surface area contributed by atoms with E-state index in [2.05, 4.69) is 106 Å². The molecular formula is C60H100O6. The topological polar surface area (TPSA) is 78.9 Å². The molecule has 0 radical (unpaired) electrons. The molecule has 376 valence electrons. The third-order valence-corrected chi connectivity index (χ3v) is 11.3. The highest BCUT2D eigenvalue weighted by Crippen LogP contribution is 2.15. The smallest absolute Gasteiger partial charge is 0.306 e. The first-order valence-corrected chi connectivity index (χ1v) is 27.2. The van der Waals surface area contributed by atoms with E-state index in [1.54, 1.807) is 0 Å². The van der Waals surface area contributed by atoms with Crippen LogP contribution < -0.4 is 0 Å². The molecule has 0 aliphatic carbocycles. The van der Waals surface area contributed by atoms with Crippen LogP contribution in [0, 0.1) is 0 Å². The molecule has 0 aliphatic rings. The van der Waals surface area contributed by atoms with Gasteiger partial charge in [0.1, 0.15) is 13.2 Å². The predicted molar refractivity (Wildman–Crippen MR) is 284 cm³/mol. The zero-order valence-electron chi connectivity index (χ0n) is 42.9. The van der Waals surface area contributed by atoms with E-state index in [1.165, 1.54) is 122 Å². The lowest BCUT2D eigenvalue weighted by molar-refractivity contribution is -0.166. The lowest BCUT2D eigenvalue weighted by Crippen LogP contribution is -2.30. The molecule has 0 saturated carbocycles. The monoisotopic (exact) mass is 917 g/mol. The molecule has 0 saturated heterocycles. The summed E-state index contributed by atoms with van der Waals surface area (Å²) in [5.74, 6) is -1.06. The molecule has 0 aliphatic heterocycles. The zero-order valence-corrected chi connectivity index (χ0v) is 42.9. The first-order valence-electron chi connectivity index (χ1n) is 27.2. The summed E-state index contributed by atoms with van der Waals surface area (Å²) in [5, 5.41) is 0. The van der Waals surface area contributed by atoms with E-state index in [9.17, 15) is 14.4 Å². The van der Waals surface area contributed by atoms with Gasteiger partial charge in [-0.2, -0.15) is 0 Å². The molecule has 0 fully saturated rings. The van der Waals surface area contributed by atoms with Crippen molar-refractivity contribution >= 4 is 17.9 Å². The zero-order chi connectivity index (χ0) is 47.9. The third kappa shape index (κ3) is 51.3. The fourth-order valence-electron chi connectivity index (χ4n) is 7.27. The number of hydrogen-bond donors (Lipinski definition) is 0. The highest BCUT2D eigenvalue weighted by atomic mass is 16.6. The van der Waals surface area contributed by atoms with E-state index in [-0.39, 0.29) is 38.0 Å². The van der Waals surface area contributed by atoms with E-state index < -0.39 is 12.1 Å². The van der Waals surface area contributed by atoms with E-state index in [0.29, 0.717) is 19.3 Å². The van der Waals surface area contributed by atoms with Crippen LogP contribution in [0.2, 0.25) is 0 Å².